The second-order valence-electron chi connectivity index (χ2n) is 9.72. The molecule has 1 atom stereocenters. The number of pyridine rings is 1. The van der Waals surface area contributed by atoms with Gasteiger partial charge in [0, 0.05) is 25.7 Å². The van der Waals surface area contributed by atoms with Crippen molar-refractivity contribution in [1.29, 1.82) is 0 Å². The highest BCUT2D eigenvalue weighted by molar-refractivity contribution is 5.92. The van der Waals surface area contributed by atoms with Crippen molar-refractivity contribution in [1.82, 2.24) is 20.9 Å². The summed E-state index contributed by atoms with van der Waals surface area (Å²) in [5.74, 6) is -1.30. The first-order chi connectivity index (χ1) is 20.2. The van der Waals surface area contributed by atoms with E-state index in [1.54, 1.807) is 36.4 Å². The van der Waals surface area contributed by atoms with Crippen LogP contribution in [0.1, 0.15) is 33.7 Å². The van der Waals surface area contributed by atoms with Gasteiger partial charge in [-0.05, 0) is 64.2 Å². The summed E-state index contributed by atoms with van der Waals surface area (Å²) < 4.78 is 0. The Morgan fingerprint density at radius 2 is 1.24 bits per heavy atom. The lowest BCUT2D eigenvalue weighted by Gasteiger charge is -2.23. The number of nitrogens with one attached hydrogen (secondary N) is 3. The molecule has 11 heteroatoms. The van der Waals surface area contributed by atoms with Gasteiger partial charge in [0.2, 0.25) is 11.8 Å². The predicted octanol–water partition coefficient (Wildman–Crippen LogP) is 2.42. The second kappa shape index (κ2) is 13.7. The smallest absolute Gasteiger partial charge is 0.312 e. The lowest BCUT2D eigenvalue weighted by molar-refractivity contribution is -0.129. The molecular weight excluding hydrogens is 536 g/mol. The molecular formula is C31H32N6O5. The Morgan fingerprint density at radius 1 is 0.714 bits per heavy atom. The number of hydrogen-bond acceptors (Lipinski definition) is 7. The number of carbonyl (C=O) groups excluding carboxylic acids is 3. The van der Waals surface area contributed by atoms with Crippen LogP contribution >= 0.6 is 0 Å². The average Bonchev–Trinajstić information content (AvgIpc) is 2.97. The summed E-state index contributed by atoms with van der Waals surface area (Å²) in [5, 5.41) is 27.9. The summed E-state index contributed by atoms with van der Waals surface area (Å²) in [6.45, 7) is 0.487. The Kier molecular flexibility index (Phi) is 9.57. The number of aromatic hydroxyl groups is 2. The highest BCUT2D eigenvalue weighted by Gasteiger charge is 2.28. The molecule has 0 aliphatic carbocycles. The quantitative estimate of drug-likeness (QED) is 0.144. The fourth-order valence-corrected chi connectivity index (χ4v) is 4.43. The number of nitrogen functional groups attached to an aromatic ring is 1. The van der Waals surface area contributed by atoms with Crippen molar-refractivity contribution < 1.29 is 24.6 Å². The standard InChI is InChI=1S/C31H32N6O5/c32-27-16-21(13-14-34-27)15-26(29(40)35-17-19-1-3-20(4-2-19)18-36-31(33)42)37-30(41)28(22-5-9-24(38)10-6-22)23-7-11-25(39)12-8-23/h1-14,16,26,28,38-39H,15,17-18H2,(H2,32,34)(H,35,40)(H,37,41)(H3,33,36,42). The summed E-state index contributed by atoms with van der Waals surface area (Å²) in [6, 6.07) is 21.5. The molecule has 4 rings (SSSR count). The van der Waals surface area contributed by atoms with Gasteiger partial charge in [-0.3, -0.25) is 9.59 Å². The van der Waals surface area contributed by atoms with Gasteiger partial charge in [-0.1, -0.05) is 48.5 Å². The van der Waals surface area contributed by atoms with Gasteiger partial charge in [-0.2, -0.15) is 0 Å². The number of urea groups is 1. The van der Waals surface area contributed by atoms with Gasteiger partial charge < -0.3 is 37.6 Å². The summed E-state index contributed by atoms with van der Waals surface area (Å²) in [4.78, 5) is 42.2. The molecule has 0 saturated carbocycles. The largest absolute Gasteiger partial charge is 0.508 e. The van der Waals surface area contributed by atoms with Crippen molar-refractivity contribution in [3.05, 3.63) is 119 Å². The molecule has 4 aromatic rings. The van der Waals surface area contributed by atoms with Crippen LogP contribution in [0.25, 0.3) is 0 Å². The second-order valence-corrected chi connectivity index (χ2v) is 9.72. The van der Waals surface area contributed by atoms with Crippen LogP contribution in [-0.2, 0) is 29.1 Å². The number of nitrogens with two attached hydrogens (primary N) is 2. The van der Waals surface area contributed by atoms with E-state index in [1.807, 2.05) is 24.3 Å². The maximum absolute atomic E-state index is 13.8. The number of hydrogen-bond donors (Lipinski definition) is 7. The molecule has 3 aromatic carbocycles. The third-order valence-electron chi connectivity index (χ3n) is 6.59. The number of primary amides is 1. The first kappa shape index (κ1) is 29.4. The fourth-order valence-electron chi connectivity index (χ4n) is 4.43. The van der Waals surface area contributed by atoms with Gasteiger partial charge in [-0.25, -0.2) is 9.78 Å². The zero-order valence-electron chi connectivity index (χ0n) is 22.7. The Balaban J connectivity index is 1.54. The Hall–Kier alpha value is -5.58. The monoisotopic (exact) mass is 568 g/mol. The maximum atomic E-state index is 13.8. The highest BCUT2D eigenvalue weighted by Crippen LogP contribution is 2.28. The van der Waals surface area contributed by atoms with Gasteiger partial charge in [0.1, 0.15) is 23.4 Å². The van der Waals surface area contributed by atoms with Crippen LogP contribution in [0.2, 0.25) is 0 Å². The van der Waals surface area contributed by atoms with Crippen LogP contribution in [0, 0.1) is 0 Å². The van der Waals surface area contributed by atoms with Crippen molar-refractivity contribution >= 4 is 23.7 Å². The number of phenols is 2. The fraction of sp³-hybridized carbons (Fsp3) is 0.161. The maximum Gasteiger partial charge on any atom is 0.312 e. The minimum Gasteiger partial charge on any atom is -0.508 e. The number of phenolic OH excluding ortho intramolecular Hbond substituents is 2. The molecule has 4 amide bonds. The summed E-state index contributed by atoms with van der Waals surface area (Å²) in [5.41, 5.74) is 14.5. The minimum atomic E-state index is -0.963. The predicted molar refractivity (Wildman–Crippen MR) is 157 cm³/mol. The van der Waals surface area contributed by atoms with E-state index in [-0.39, 0.29) is 36.8 Å². The van der Waals surface area contributed by atoms with Crippen LogP contribution < -0.4 is 27.4 Å². The number of carbonyl (C=O) groups is 3. The summed E-state index contributed by atoms with van der Waals surface area (Å²) in [7, 11) is 0. The van der Waals surface area contributed by atoms with Crippen LogP contribution in [0.4, 0.5) is 10.6 Å². The SMILES string of the molecule is NC(=O)NCc1ccc(CNC(=O)C(Cc2ccnc(N)c2)NC(=O)C(c2ccc(O)cc2)c2ccc(O)cc2)cc1. The Bertz CT molecular complexity index is 1480. The molecule has 216 valence electrons. The first-order valence-corrected chi connectivity index (χ1v) is 13.2. The molecule has 0 spiro atoms. The molecule has 9 N–H and O–H groups in total. The number of amides is 4. The molecule has 1 heterocycles. The van der Waals surface area contributed by atoms with Crippen LogP contribution in [0.15, 0.2) is 91.1 Å². The van der Waals surface area contributed by atoms with Crippen molar-refractivity contribution in [2.75, 3.05) is 5.73 Å². The number of aromatic nitrogens is 1. The van der Waals surface area contributed by atoms with E-state index in [9.17, 15) is 24.6 Å². The zero-order chi connectivity index (χ0) is 30.1. The molecule has 0 saturated heterocycles. The van der Waals surface area contributed by atoms with E-state index in [1.165, 1.54) is 30.5 Å². The Labute approximate surface area is 242 Å². The average molecular weight is 569 g/mol. The Morgan fingerprint density at radius 3 is 1.74 bits per heavy atom. The van der Waals surface area contributed by atoms with Gasteiger partial charge in [0.25, 0.3) is 0 Å². The molecule has 42 heavy (non-hydrogen) atoms. The summed E-state index contributed by atoms with van der Waals surface area (Å²) >= 11 is 0. The molecule has 0 aliphatic heterocycles. The number of nitrogens with zero attached hydrogens (tertiary/aromatic N) is 1. The minimum absolute atomic E-state index is 0.0494. The third-order valence-corrected chi connectivity index (χ3v) is 6.59. The lowest BCUT2D eigenvalue weighted by atomic mass is 9.89. The van der Waals surface area contributed by atoms with Gasteiger partial charge >= 0.3 is 6.03 Å². The van der Waals surface area contributed by atoms with Crippen molar-refractivity contribution in [2.24, 2.45) is 5.73 Å². The number of anilines is 1. The van der Waals surface area contributed by atoms with E-state index in [2.05, 4.69) is 20.9 Å². The van der Waals surface area contributed by atoms with Crippen molar-refractivity contribution in [3.8, 4) is 11.5 Å². The van der Waals surface area contributed by atoms with Crippen molar-refractivity contribution in [3.63, 3.8) is 0 Å². The van der Waals surface area contributed by atoms with E-state index in [0.717, 1.165) is 11.1 Å². The molecule has 1 unspecified atom stereocenters. The van der Waals surface area contributed by atoms with Crippen LogP contribution in [0.3, 0.4) is 0 Å². The first-order valence-electron chi connectivity index (χ1n) is 13.2. The molecule has 11 nitrogen and oxygen atoms in total. The van der Waals surface area contributed by atoms with Gasteiger partial charge in [0.15, 0.2) is 0 Å². The topological polar surface area (TPSA) is 193 Å². The lowest BCUT2D eigenvalue weighted by Crippen LogP contribution is -2.49. The molecule has 0 fully saturated rings. The summed E-state index contributed by atoms with van der Waals surface area (Å²) in [6.07, 6.45) is 1.69. The molecule has 0 aliphatic rings. The molecule has 0 radical (unpaired) electrons. The van der Waals surface area contributed by atoms with Gasteiger partial charge in [0.05, 0.1) is 5.92 Å². The molecule has 0 bridgehead atoms. The van der Waals surface area contributed by atoms with E-state index in [0.29, 0.717) is 16.7 Å². The van der Waals surface area contributed by atoms with Crippen LogP contribution in [0.5, 0.6) is 11.5 Å². The van der Waals surface area contributed by atoms with E-state index in [4.69, 9.17) is 11.5 Å². The third kappa shape index (κ3) is 8.21. The normalized spacial score (nSPS) is 11.5. The highest BCUT2D eigenvalue weighted by atomic mass is 16.3. The van der Waals surface area contributed by atoms with E-state index >= 15 is 0 Å². The number of rotatable bonds is 11. The van der Waals surface area contributed by atoms with Crippen molar-refractivity contribution in [2.45, 2.75) is 31.5 Å². The molecule has 1 aromatic heterocycles. The van der Waals surface area contributed by atoms with E-state index < -0.39 is 29.8 Å². The van der Waals surface area contributed by atoms with Gasteiger partial charge in [-0.15, -0.1) is 0 Å². The number of benzene rings is 3. The zero-order valence-corrected chi connectivity index (χ0v) is 22.7. The van der Waals surface area contributed by atoms with Crippen LogP contribution in [-0.4, -0.2) is 39.1 Å².